The van der Waals surface area contributed by atoms with Gasteiger partial charge in [-0.05, 0) is 74.6 Å². The second kappa shape index (κ2) is 11.9. The van der Waals surface area contributed by atoms with Gasteiger partial charge in [0.25, 0.3) is 0 Å². The molecule has 1 aromatic rings. The van der Waals surface area contributed by atoms with Gasteiger partial charge >= 0.3 is 0 Å². The van der Waals surface area contributed by atoms with Crippen molar-refractivity contribution >= 4 is 11.4 Å². The first-order valence-electron chi connectivity index (χ1n) is 13.4. The van der Waals surface area contributed by atoms with Crippen molar-refractivity contribution in [2.75, 3.05) is 27.7 Å². The lowest BCUT2D eigenvalue weighted by atomic mass is 9.67. The average Bonchev–Trinajstić information content (AvgIpc) is 2.88. The Kier molecular flexibility index (Phi) is 8.69. The van der Waals surface area contributed by atoms with Crippen LogP contribution in [-0.2, 0) is 0 Å². The number of hydrogen-bond donors (Lipinski definition) is 0. The Morgan fingerprint density at radius 2 is 2.00 bits per heavy atom. The highest BCUT2D eigenvalue weighted by atomic mass is 19.1. The lowest BCUT2D eigenvalue weighted by molar-refractivity contribution is 0.124. The first kappa shape index (κ1) is 25.5. The quantitative estimate of drug-likeness (QED) is 0.412. The smallest absolute Gasteiger partial charge is 0.142 e. The molecule has 190 valence electrons. The number of methoxy groups -OCH3 is 1. The van der Waals surface area contributed by atoms with Crippen LogP contribution in [0.2, 0.25) is 0 Å². The van der Waals surface area contributed by atoms with Gasteiger partial charge in [-0.25, -0.2) is 9.38 Å². The van der Waals surface area contributed by atoms with Gasteiger partial charge in [-0.1, -0.05) is 44.3 Å². The van der Waals surface area contributed by atoms with Gasteiger partial charge in [0, 0.05) is 38.0 Å². The molecule has 4 rings (SSSR count). The number of fused-ring (bicyclic) bond motifs is 1. The molecule has 2 saturated carbocycles. The molecule has 0 spiro atoms. The minimum Gasteiger partial charge on any atom is -0.497 e. The summed E-state index contributed by atoms with van der Waals surface area (Å²) in [7, 11) is 5.67. The van der Waals surface area contributed by atoms with E-state index in [2.05, 4.69) is 11.9 Å². The second-order valence-corrected chi connectivity index (χ2v) is 10.5. The molecular formula is C30H42FN3O. The maximum absolute atomic E-state index is 14.8. The number of aliphatic imine (C=N–C) groups is 1. The highest BCUT2D eigenvalue weighted by Crippen LogP contribution is 2.43. The third-order valence-corrected chi connectivity index (χ3v) is 8.18. The zero-order chi connectivity index (χ0) is 24.8. The van der Waals surface area contributed by atoms with Gasteiger partial charge in [0.2, 0.25) is 0 Å². The van der Waals surface area contributed by atoms with Crippen LogP contribution in [0.25, 0.3) is 5.57 Å². The van der Waals surface area contributed by atoms with Gasteiger partial charge in [0.1, 0.15) is 23.2 Å². The molecule has 35 heavy (non-hydrogen) atoms. The SMILES string of the molecule is C/C=C/C(=C1/N=C(N(C)CCC[C@H]2CCC3CCCC[C@H]3C2)C=CN1C)c1cc(OC)ccc1F. The molecule has 3 aliphatic rings. The molecule has 2 fully saturated rings. The van der Waals surface area contributed by atoms with Gasteiger partial charge in [0.05, 0.1) is 7.11 Å². The molecule has 1 aliphatic heterocycles. The summed E-state index contributed by atoms with van der Waals surface area (Å²) in [4.78, 5) is 9.17. The Hall–Kier alpha value is -2.56. The Bertz CT molecular complexity index is 995. The molecule has 0 saturated heterocycles. The number of allylic oxidation sites excluding steroid dienone is 3. The van der Waals surface area contributed by atoms with Crippen LogP contribution < -0.4 is 4.74 Å². The van der Waals surface area contributed by atoms with Gasteiger partial charge in [-0.2, -0.15) is 0 Å². The maximum Gasteiger partial charge on any atom is 0.142 e. The molecular weight excluding hydrogens is 437 g/mol. The summed E-state index contributed by atoms with van der Waals surface area (Å²) in [6.07, 6.45) is 20.6. The van der Waals surface area contributed by atoms with E-state index in [0.717, 1.165) is 41.5 Å². The molecule has 0 aromatic heterocycles. The van der Waals surface area contributed by atoms with Crippen LogP contribution >= 0.6 is 0 Å². The summed E-state index contributed by atoms with van der Waals surface area (Å²) in [6, 6.07) is 4.84. The van der Waals surface area contributed by atoms with Crippen LogP contribution in [-0.4, -0.2) is 43.4 Å². The number of hydrogen-bond acceptors (Lipinski definition) is 4. The normalized spacial score (nSPS) is 25.9. The standard InChI is InChI=1S/C30H42FN3O/c1-5-9-26(27-21-25(35-4)15-16-28(27)31)30-32-29(17-19-34(30)3)33(2)18-8-10-22-13-14-23-11-6-7-12-24(23)20-22/h5,9,15-17,19,21-24H,6-8,10-14,18,20H2,1-4H3/b9-5+,30-26+/t22-,23?,24-/m0/s1. The molecule has 0 amide bonds. The fraction of sp³-hybridized carbons (Fsp3) is 0.567. The number of benzene rings is 1. The fourth-order valence-electron chi connectivity index (χ4n) is 6.19. The number of halogens is 1. The monoisotopic (exact) mass is 479 g/mol. The molecule has 0 N–H and O–H groups in total. The Morgan fingerprint density at radius 3 is 2.77 bits per heavy atom. The van der Waals surface area contributed by atoms with Crippen LogP contribution in [0.15, 0.2) is 53.4 Å². The summed E-state index contributed by atoms with van der Waals surface area (Å²) in [5.74, 6) is 4.90. The lowest BCUT2D eigenvalue weighted by Gasteiger charge is -2.39. The lowest BCUT2D eigenvalue weighted by Crippen LogP contribution is -2.31. The third-order valence-electron chi connectivity index (χ3n) is 8.18. The van der Waals surface area contributed by atoms with E-state index in [0.29, 0.717) is 11.3 Å². The van der Waals surface area contributed by atoms with Gasteiger partial charge in [-0.15, -0.1) is 0 Å². The highest BCUT2D eigenvalue weighted by Gasteiger charge is 2.31. The summed E-state index contributed by atoms with van der Waals surface area (Å²) in [6.45, 7) is 2.92. The third kappa shape index (κ3) is 6.17. The number of likely N-dealkylation sites (N-methyl/N-ethyl adjacent to an activating group) is 1. The summed E-state index contributed by atoms with van der Waals surface area (Å²) in [5.41, 5.74) is 1.23. The molecule has 4 nitrogen and oxygen atoms in total. The van der Waals surface area contributed by atoms with E-state index in [1.807, 2.05) is 43.3 Å². The van der Waals surface area contributed by atoms with E-state index < -0.39 is 0 Å². The highest BCUT2D eigenvalue weighted by molar-refractivity contribution is 5.95. The van der Waals surface area contributed by atoms with Crippen molar-refractivity contribution in [3.63, 3.8) is 0 Å². The molecule has 2 aliphatic carbocycles. The molecule has 1 aromatic carbocycles. The van der Waals surface area contributed by atoms with Crippen LogP contribution in [0.1, 0.15) is 70.3 Å². The summed E-state index contributed by atoms with van der Waals surface area (Å²) in [5, 5.41) is 0. The zero-order valence-corrected chi connectivity index (χ0v) is 22.0. The maximum atomic E-state index is 14.8. The number of ether oxygens (including phenoxy) is 1. The van der Waals surface area contributed by atoms with Crippen molar-refractivity contribution in [1.29, 1.82) is 0 Å². The van der Waals surface area contributed by atoms with E-state index in [-0.39, 0.29) is 5.82 Å². The first-order chi connectivity index (χ1) is 17.0. The predicted molar refractivity (Wildman–Crippen MR) is 144 cm³/mol. The largest absolute Gasteiger partial charge is 0.497 e. The Morgan fingerprint density at radius 1 is 1.20 bits per heavy atom. The van der Waals surface area contributed by atoms with E-state index >= 15 is 0 Å². The molecule has 1 heterocycles. The van der Waals surface area contributed by atoms with E-state index in [1.165, 1.54) is 63.9 Å². The first-order valence-corrected chi connectivity index (χ1v) is 13.4. The van der Waals surface area contributed by atoms with Crippen molar-refractivity contribution < 1.29 is 9.13 Å². The van der Waals surface area contributed by atoms with Crippen molar-refractivity contribution in [2.24, 2.45) is 22.7 Å². The van der Waals surface area contributed by atoms with E-state index in [9.17, 15) is 4.39 Å². The number of rotatable bonds is 7. The van der Waals surface area contributed by atoms with Crippen molar-refractivity contribution in [1.82, 2.24) is 9.80 Å². The number of amidine groups is 1. The molecule has 1 unspecified atom stereocenters. The Balaban J connectivity index is 1.45. The van der Waals surface area contributed by atoms with Crippen LogP contribution in [0.4, 0.5) is 4.39 Å². The van der Waals surface area contributed by atoms with Crippen LogP contribution in [0.3, 0.4) is 0 Å². The van der Waals surface area contributed by atoms with Crippen LogP contribution in [0.5, 0.6) is 5.75 Å². The van der Waals surface area contributed by atoms with Crippen LogP contribution in [0, 0.1) is 23.6 Å². The molecule has 3 atom stereocenters. The topological polar surface area (TPSA) is 28.1 Å². The second-order valence-electron chi connectivity index (χ2n) is 10.5. The molecule has 0 bridgehead atoms. The van der Waals surface area contributed by atoms with E-state index in [4.69, 9.17) is 9.73 Å². The summed E-state index contributed by atoms with van der Waals surface area (Å²) < 4.78 is 20.2. The zero-order valence-electron chi connectivity index (χ0n) is 22.0. The minimum atomic E-state index is -0.285. The summed E-state index contributed by atoms with van der Waals surface area (Å²) >= 11 is 0. The fourth-order valence-corrected chi connectivity index (χ4v) is 6.19. The van der Waals surface area contributed by atoms with Crippen molar-refractivity contribution in [3.8, 4) is 5.75 Å². The van der Waals surface area contributed by atoms with E-state index in [1.54, 1.807) is 19.2 Å². The van der Waals surface area contributed by atoms with Crippen molar-refractivity contribution in [3.05, 3.63) is 59.8 Å². The van der Waals surface area contributed by atoms with Gasteiger partial charge in [-0.3, -0.25) is 0 Å². The average molecular weight is 480 g/mol. The number of nitrogens with zero attached hydrogens (tertiary/aromatic N) is 3. The van der Waals surface area contributed by atoms with Gasteiger partial charge < -0.3 is 14.5 Å². The molecule has 0 radical (unpaired) electrons. The Labute approximate surface area is 211 Å². The van der Waals surface area contributed by atoms with Gasteiger partial charge in [0.15, 0.2) is 0 Å². The predicted octanol–water partition coefficient (Wildman–Crippen LogP) is 7.26. The minimum absolute atomic E-state index is 0.285. The van der Waals surface area contributed by atoms with Crippen molar-refractivity contribution in [2.45, 2.75) is 64.7 Å². The molecule has 5 heteroatoms.